The number of fused-ring (bicyclic) bond motifs is 5. The minimum atomic E-state index is -5.60. The number of hydrogen-bond donors (Lipinski definition) is 6. The number of allylic oxidation sites excluding steroid dienone is 2. The number of rotatable bonds is 44. The highest BCUT2D eigenvalue weighted by Gasteiger charge is 2.91. The van der Waals surface area contributed by atoms with Gasteiger partial charge in [0.1, 0.15) is 0 Å². The Kier molecular flexibility index (Phi) is 74.0. The molecule has 119 heavy (non-hydrogen) atoms. The van der Waals surface area contributed by atoms with E-state index in [2.05, 4.69) is 265 Å². The summed E-state index contributed by atoms with van der Waals surface area (Å²) in [6.45, 7) is 86.2. The third-order valence-electron chi connectivity index (χ3n) is 32.3. The Morgan fingerprint density at radius 3 is 0.613 bits per heavy atom. The normalized spacial score (nSPS) is 23.1. The van der Waals surface area contributed by atoms with E-state index < -0.39 is 135 Å². The molecule has 2 fully saturated rings. The van der Waals surface area contributed by atoms with Gasteiger partial charge in [-0.1, -0.05) is 251 Å². The minimum absolute atomic E-state index is 0.796. The van der Waals surface area contributed by atoms with Gasteiger partial charge in [-0.3, -0.25) is 0 Å². The molecule has 0 saturated heterocycles. The molecule has 3 rings (SSSR count). The average Bonchev–Trinajstić information content (AvgIpc) is 1.50. The Hall–Kier alpha value is 0.490. The van der Waals surface area contributed by atoms with Crippen LogP contribution in [-0.4, -0.2) is 220 Å². The van der Waals surface area contributed by atoms with Gasteiger partial charge >= 0.3 is 63.0 Å². The molecule has 712 valence electrons. The highest BCUT2D eigenvalue weighted by molar-refractivity contribution is 8.14. The molecule has 0 aromatic heterocycles. The molecule has 3 aliphatic rings. The summed E-state index contributed by atoms with van der Waals surface area (Å²) in [7, 11) is -19.8. The van der Waals surface area contributed by atoms with Crippen molar-refractivity contribution >= 4 is 135 Å². The van der Waals surface area contributed by atoms with E-state index in [1.54, 1.807) is 0 Å². The van der Waals surface area contributed by atoms with Crippen molar-refractivity contribution in [1.29, 1.82) is 0 Å². The molecule has 33 atom stereocenters. The quantitative estimate of drug-likeness (QED) is 0.0244. The maximum atomic E-state index is 11.4. The molecular weight excluding hydrogens is 1770 g/mol. The summed E-state index contributed by atoms with van der Waals surface area (Å²) < 4.78 is 112. The first-order chi connectivity index (χ1) is 54.8. The van der Waals surface area contributed by atoms with Crippen molar-refractivity contribution in [3.63, 3.8) is 0 Å². The minimum Gasteiger partial charge on any atom is -0.542 e. The fourth-order valence-corrected chi connectivity index (χ4v) is 122. The first kappa shape index (κ1) is 130. The van der Waals surface area contributed by atoms with Crippen molar-refractivity contribution in [3.8, 4) is 0 Å². The van der Waals surface area contributed by atoms with E-state index in [-0.39, 0.29) is 0 Å². The van der Waals surface area contributed by atoms with Crippen LogP contribution in [0.2, 0.25) is 103 Å². The van der Waals surface area contributed by atoms with Crippen molar-refractivity contribution in [2.24, 2.45) is 107 Å². The monoisotopic (exact) mass is 1960 g/mol. The zero-order valence-electron chi connectivity index (χ0n) is 85.2. The SMILES string of the molecule is CCC(C)C(C)C(C)[SiH](C)OC.CCC(C)C(C)C(C)[SiH](C)OC.CCC(C)C(C)C(C)[SiH](C)OC.CCC(C)C(C)C(C)[SiH](C)OC.CCC(C)C(C)C(C)[SiH](C)OC.CCC(C)C(C)C(C)[SiH](C)OC.CCC(C)C(C)C(C)[SiH](C)OC.CO[Si](C)(C)C1CC2CC1C1CC=CC21.O=[Si](O)[Si]([Si](=O)O)([Si](=O)O)[Si]([Si](=O)O)([Si](=O)O)[Si](=O)O. The van der Waals surface area contributed by atoms with E-state index in [0.29, 0.717) is 0 Å². The highest BCUT2D eigenvalue weighted by Crippen LogP contribution is 2.63. The molecule has 0 aliphatic heterocycles. The van der Waals surface area contributed by atoms with Crippen molar-refractivity contribution < 1.29 is 91.0 Å². The molecule has 20 nitrogen and oxygen atoms in total. The van der Waals surface area contributed by atoms with Crippen molar-refractivity contribution in [3.05, 3.63) is 12.2 Å². The van der Waals surface area contributed by atoms with E-state index in [1.165, 1.54) is 64.2 Å². The van der Waals surface area contributed by atoms with Crippen LogP contribution in [0.4, 0.5) is 0 Å². The zero-order chi connectivity index (χ0) is 95.2. The molecule has 0 radical (unpaired) electrons. The maximum Gasteiger partial charge on any atom is 0.483 e. The summed E-state index contributed by atoms with van der Waals surface area (Å²) >= 11 is 0. The van der Waals surface area contributed by atoms with Gasteiger partial charge in [0.25, 0.3) is 0 Å². The molecule has 3 aliphatic carbocycles. The van der Waals surface area contributed by atoms with Gasteiger partial charge in [0.05, 0.1) is 0 Å². The lowest BCUT2D eigenvalue weighted by Crippen LogP contribution is -2.91. The van der Waals surface area contributed by atoms with Gasteiger partial charge in [-0.25, -0.2) is 0 Å². The fourth-order valence-electron chi connectivity index (χ4n) is 16.7. The summed E-state index contributed by atoms with van der Waals surface area (Å²) in [6.07, 6.45) is 7.07. The Balaban J connectivity index is -0.000000304. The van der Waals surface area contributed by atoms with Crippen LogP contribution < -0.4 is 0 Å². The van der Waals surface area contributed by atoms with Crippen molar-refractivity contribution in [2.45, 2.75) is 361 Å². The first-order valence-corrected chi connectivity index (χ1v) is 84.3. The predicted octanol–water partition coefficient (Wildman–Crippen LogP) is 17.7. The van der Waals surface area contributed by atoms with Crippen LogP contribution in [0.15, 0.2) is 12.2 Å². The summed E-state index contributed by atoms with van der Waals surface area (Å²) in [5, 5.41) is 0. The highest BCUT2D eigenvalue weighted by atomic mass is 30.4. The molecule has 0 spiro atoms. The first-order valence-electron chi connectivity index (χ1n) is 46.1. The standard InChI is InChI=1S/C13H22OSi.7C10H24OSi.H6O12Si8/c1-14-15(2,3)13-8-9-7-12(13)11-6-4-5-10(9)11;7*1-7-8(2)9(3)10(4)12(6)11-5;1-13(2)19(14(3)4,15(5)6)20(16(7)8,17(9)10)18(11)12/h4-5,9-13H,6-8H2,1-3H3;7*8-10,12H,7H2,1-6H3;1,3,5,7,9,11H. The second-order valence-electron chi connectivity index (χ2n) is 37.9. The third kappa shape index (κ3) is 41.6. The molecule has 0 aromatic carbocycles. The van der Waals surface area contributed by atoms with Crippen LogP contribution in [-0.2, 0) is 62.2 Å². The van der Waals surface area contributed by atoms with E-state index in [4.69, 9.17) is 64.2 Å². The molecule has 0 amide bonds. The third-order valence-corrected chi connectivity index (χ3v) is 151. The van der Waals surface area contributed by atoms with E-state index in [9.17, 15) is 26.8 Å². The maximum absolute atomic E-state index is 11.4. The summed E-state index contributed by atoms with van der Waals surface area (Å²) in [5.74, 6) is 15.5. The lowest BCUT2D eigenvalue weighted by Gasteiger charge is -2.38. The summed E-state index contributed by atoms with van der Waals surface area (Å²) in [5.41, 5.74) is 6.51. The van der Waals surface area contributed by atoms with E-state index in [1.807, 2.05) is 56.9 Å². The van der Waals surface area contributed by atoms with E-state index >= 15 is 0 Å². The van der Waals surface area contributed by atoms with Crippen LogP contribution in [0.1, 0.15) is 258 Å². The van der Waals surface area contributed by atoms with Gasteiger partial charge in [0.15, 0.2) is 71.6 Å². The molecule has 0 heterocycles. The van der Waals surface area contributed by atoms with Crippen LogP contribution in [0, 0.1) is 107 Å². The molecule has 6 N–H and O–H groups in total. The van der Waals surface area contributed by atoms with Crippen molar-refractivity contribution in [1.82, 2.24) is 0 Å². The second kappa shape index (κ2) is 67.7. The largest absolute Gasteiger partial charge is 0.542 e. The van der Waals surface area contributed by atoms with Gasteiger partial charge in [-0.15, -0.1) is 0 Å². The molecule has 2 bridgehead atoms. The lowest BCUT2D eigenvalue weighted by atomic mass is 9.81. The Morgan fingerprint density at radius 1 is 0.311 bits per heavy atom. The van der Waals surface area contributed by atoms with Gasteiger partial charge in [-0.2, -0.15) is 0 Å². The van der Waals surface area contributed by atoms with Gasteiger partial charge < -0.3 is 91.0 Å². The van der Waals surface area contributed by atoms with Crippen LogP contribution in [0.3, 0.4) is 0 Å². The zero-order valence-corrected chi connectivity index (χ0v) is 102. The summed E-state index contributed by atoms with van der Waals surface area (Å²) in [4.78, 5) is 54.9. The van der Waals surface area contributed by atoms with Crippen LogP contribution >= 0.6 is 0 Å². The van der Waals surface area contributed by atoms with Crippen molar-refractivity contribution in [2.75, 3.05) is 56.9 Å². The van der Waals surface area contributed by atoms with E-state index in [0.717, 1.165) is 151 Å². The Morgan fingerprint density at radius 2 is 0.479 bits per heavy atom. The average molecular weight is 1960 g/mol. The Labute approximate surface area is 756 Å². The molecule has 2 saturated carbocycles. The molecule has 33 unspecified atom stereocenters. The Bertz CT molecular complexity index is 2240. The molecule has 36 heteroatoms. The van der Waals surface area contributed by atoms with Crippen LogP contribution in [0.5, 0.6) is 0 Å². The lowest BCUT2D eigenvalue weighted by molar-refractivity contribution is 0.259. The molecular formula is C83H196O20Si16. The van der Waals surface area contributed by atoms with Gasteiger partial charge in [0.2, 0.25) is 0 Å². The molecule has 0 aromatic rings. The fraction of sp³-hybridized carbons (Fsp3) is 0.976. The predicted molar refractivity (Wildman–Crippen MR) is 535 cm³/mol. The van der Waals surface area contributed by atoms with Gasteiger partial charge in [0, 0.05) is 56.9 Å². The summed E-state index contributed by atoms with van der Waals surface area (Å²) in [6, 6.07) is 0. The second-order valence-corrected chi connectivity index (χ2v) is 113. The van der Waals surface area contributed by atoms with Crippen LogP contribution in [0.25, 0.3) is 0 Å². The number of hydrogen-bond acceptors (Lipinski definition) is 14. The van der Waals surface area contributed by atoms with Gasteiger partial charge in [-0.05, 0) is 229 Å². The smallest absolute Gasteiger partial charge is 0.483 e. The topological polar surface area (TPSA) is 298 Å².